The lowest BCUT2D eigenvalue weighted by Gasteiger charge is -2.29. The molecule has 1 N–H and O–H groups in total. The van der Waals surface area contributed by atoms with E-state index >= 15 is 0 Å². The summed E-state index contributed by atoms with van der Waals surface area (Å²) in [6, 6.07) is 19.7. The molecular formula is C25H34O5Si. The maximum absolute atomic E-state index is 10.4. The van der Waals surface area contributed by atoms with Crippen LogP contribution in [0.2, 0.25) is 6.04 Å². The molecule has 3 aromatic rings. The Morgan fingerprint density at radius 2 is 1.42 bits per heavy atom. The molecule has 0 amide bonds. The predicted octanol–water partition coefficient (Wildman–Crippen LogP) is 5.31. The Labute approximate surface area is 186 Å². The van der Waals surface area contributed by atoms with Crippen LogP contribution in [0.15, 0.2) is 54.6 Å². The molecule has 168 valence electrons. The van der Waals surface area contributed by atoms with E-state index in [4.69, 9.17) is 18.0 Å². The van der Waals surface area contributed by atoms with Crippen molar-refractivity contribution in [3.8, 4) is 0 Å². The monoisotopic (exact) mass is 442 g/mol. The minimum Gasteiger partial charge on any atom is -0.391 e. The van der Waals surface area contributed by atoms with E-state index in [9.17, 15) is 5.11 Å². The molecule has 31 heavy (non-hydrogen) atoms. The summed E-state index contributed by atoms with van der Waals surface area (Å²) in [5, 5.41) is 15.3. The summed E-state index contributed by atoms with van der Waals surface area (Å²) in [4.78, 5) is 0. The van der Waals surface area contributed by atoms with Crippen molar-refractivity contribution in [1.82, 2.24) is 0 Å². The molecule has 3 rings (SSSR count). The van der Waals surface area contributed by atoms with Crippen molar-refractivity contribution in [3.63, 3.8) is 0 Å². The molecule has 6 heteroatoms. The van der Waals surface area contributed by atoms with Crippen molar-refractivity contribution in [3.05, 3.63) is 60.2 Å². The summed E-state index contributed by atoms with van der Waals surface area (Å²) in [6.07, 6.45) is -0.0660. The zero-order chi connectivity index (χ0) is 22.1. The summed E-state index contributed by atoms with van der Waals surface area (Å²) < 4.78 is 23.4. The maximum Gasteiger partial charge on any atom is 0.501 e. The van der Waals surface area contributed by atoms with Crippen molar-refractivity contribution < 1.29 is 23.1 Å². The number of ether oxygens (including phenoxy) is 1. The first kappa shape index (κ1) is 23.9. The van der Waals surface area contributed by atoms with Crippen LogP contribution in [0.1, 0.15) is 32.8 Å². The lowest BCUT2D eigenvalue weighted by Crippen LogP contribution is -2.46. The van der Waals surface area contributed by atoms with Gasteiger partial charge in [0, 0.05) is 25.9 Å². The van der Waals surface area contributed by atoms with Crippen LogP contribution in [-0.4, -0.2) is 46.4 Å². The molecule has 0 aliphatic heterocycles. The van der Waals surface area contributed by atoms with Crippen LogP contribution in [0.25, 0.3) is 21.5 Å². The number of rotatable bonds is 13. The normalized spacial score (nSPS) is 13.2. The van der Waals surface area contributed by atoms with E-state index in [1.165, 1.54) is 21.5 Å². The first-order valence-electron chi connectivity index (χ1n) is 11.2. The van der Waals surface area contributed by atoms with Crippen LogP contribution in [0.4, 0.5) is 0 Å². The molecule has 5 nitrogen and oxygen atoms in total. The number of fused-ring (bicyclic) bond motifs is 3. The van der Waals surface area contributed by atoms with Gasteiger partial charge in [0.2, 0.25) is 0 Å². The van der Waals surface area contributed by atoms with Gasteiger partial charge in [-0.25, -0.2) is 0 Å². The molecule has 0 radical (unpaired) electrons. The molecule has 0 saturated heterocycles. The Bertz CT molecular complexity index is 944. The summed E-state index contributed by atoms with van der Waals surface area (Å²) in [7, 11) is -2.73. The average Bonchev–Trinajstić information content (AvgIpc) is 2.78. The van der Waals surface area contributed by atoms with Gasteiger partial charge in [-0.3, -0.25) is 0 Å². The Balaban J connectivity index is 1.56. The Hall–Kier alpha value is -1.80. The minimum absolute atomic E-state index is 0.266. The van der Waals surface area contributed by atoms with E-state index in [2.05, 4.69) is 54.6 Å². The topological polar surface area (TPSA) is 57.2 Å². The van der Waals surface area contributed by atoms with Crippen LogP contribution in [0.5, 0.6) is 0 Å². The van der Waals surface area contributed by atoms with Crippen molar-refractivity contribution in [1.29, 1.82) is 0 Å². The van der Waals surface area contributed by atoms with Crippen LogP contribution in [0, 0.1) is 0 Å². The molecule has 0 bridgehead atoms. The maximum atomic E-state index is 10.4. The van der Waals surface area contributed by atoms with Gasteiger partial charge in [-0.1, -0.05) is 48.5 Å². The Kier molecular flexibility index (Phi) is 9.01. The Morgan fingerprint density at radius 3 is 2.10 bits per heavy atom. The van der Waals surface area contributed by atoms with E-state index in [1.807, 2.05) is 20.8 Å². The number of hydrogen-bond acceptors (Lipinski definition) is 5. The summed E-state index contributed by atoms with van der Waals surface area (Å²) in [5.41, 5.74) is 1.10. The van der Waals surface area contributed by atoms with E-state index in [1.54, 1.807) is 0 Å². The van der Waals surface area contributed by atoms with Crippen molar-refractivity contribution in [2.75, 3.05) is 26.4 Å². The molecule has 1 atom stereocenters. The number of aliphatic hydroxyl groups excluding tert-OH is 1. The average molecular weight is 443 g/mol. The van der Waals surface area contributed by atoms with Crippen LogP contribution in [-0.2, 0) is 24.6 Å². The summed E-state index contributed by atoms with van der Waals surface area (Å²) >= 11 is 0. The van der Waals surface area contributed by atoms with Crippen LogP contribution >= 0.6 is 0 Å². The van der Waals surface area contributed by atoms with Gasteiger partial charge in [0.25, 0.3) is 0 Å². The molecule has 0 aliphatic rings. The highest BCUT2D eigenvalue weighted by Gasteiger charge is 2.40. The second-order valence-corrected chi connectivity index (χ2v) is 10.3. The van der Waals surface area contributed by atoms with Gasteiger partial charge in [0.05, 0.1) is 19.3 Å². The van der Waals surface area contributed by atoms with Crippen molar-refractivity contribution in [2.24, 2.45) is 0 Å². The van der Waals surface area contributed by atoms with Crippen LogP contribution < -0.4 is 0 Å². The third-order valence-corrected chi connectivity index (χ3v) is 8.35. The first-order chi connectivity index (χ1) is 15.1. The quantitative estimate of drug-likeness (QED) is 0.287. The molecule has 0 spiro atoms. The smallest absolute Gasteiger partial charge is 0.391 e. The number of aliphatic hydroxyl groups is 1. The summed E-state index contributed by atoms with van der Waals surface area (Å²) in [5.74, 6) is 0. The number of hydrogen-bond donors (Lipinski definition) is 1. The Morgan fingerprint density at radius 1 is 0.806 bits per heavy atom. The third-order valence-electron chi connectivity index (χ3n) is 5.27. The number of benzene rings is 3. The first-order valence-corrected chi connectivity index (χ1v) is 13.1. The second-order valence-electron chi connectivity index (χ2n) is 7.53. The van der Waals surface area contributed by atoms with Gasteiger partial charge in [0.15, 0.2) is 0 Å². The van der Waals surface area contributed by atoms with E-state index in [-0.39, 0.29) is 6.61 Å². The van der Waals surface area contributed by atoms with Gasteiger partial charge in [-0.05, 0) is 60.4 Å². The molecule has 0 aliphatic carbocycles. The summed E-state index contributed by atoms with van der Waals surface area (Å²) in [6.45, 7) is 8.15. The zero-order valence-corrected chi connectivity index (χ0v) is 19.8. The highest BCUT2D eigenvalue weighted by atomic mass is 28.4. The molecule has 0 fully saturated rings. The van der Waals surface area contributed by atoms with Gasteiger partial charge >= 0.3 is 8.80 Å². The SMILES string of the molecule is CCO[Si](CCC(O)COCc1ccc2ccc3ccccc3c2c1)(OCC)OCC. The van der Waals surface area contributed by atoms with Crippen molar-refractivity contribution in [2.45, 2.75) is 45.9 Å². The fraction of sp³-hybridized carbons (Fsp3) is 0.440. The largest absolute Gasteiger partial charge is 0.501 e. The van der Waals surface area contributed by atoms with Crippen LogP contribution in [0.3, 0.4) is 0 Å². The van der Waals surface area contributed by atoms with Gasteiger partial charge in [-0.15, -0.1) is 0 Å². The minimum atomic E-state index is -2.73. The lowest BCUT2D eigenvalue weighted by molar-refractivity contribution is 0.0201. The fourth-order valence-electron chi connectivity index (χ4n) is 3.88. The molecule has 0 saturated carbocycles. The lowest BCUT2D eigenvalue weighted by atomic mass is 10.0. The van der Waals surface area contributed by atoms with Gasteiger partial charge in [-0.2, -0.15) is 0 Å². The highest BCUT2D eigenvalue weighted by molar-refractivity contribution is 6.60. The van der Waals surface area contributed by atoms with Crippen molar-refractivity contribution >= 4 is 30.3 Å². The predicted molar refractivity (Wildman–Crippen MR) is 127 cm³/mol. The third kappa shape index (κ3) is 6.35. The molecule has 0 heterocycles. The van der Waals surface area contributed by atoms with Gasteiger partial charge < -0.3 is 23.1 Å². The molecule has 1 unspecified atom stereocenters. The van der Waals surface area contributed by atoms with Gasteiger partial charge in [0.1, 0.15) is 0 Å². The molecular weight excluding hydrogens is 408 g/mol. The van der Waals surface area contributed by atoms with E-state index in [0.29, 0.717) is 38.9 Å². The second kappa shape index (κ2) is 11.7. The zero-order valence-electron chi connectivity index (χ0n) is 18.8. The highest BCUT2D eigenvalue weighted by Crippen LogP contribution is 2.26. The standard InChI is InChI=1S/C25H34O5Si/c1-4-28-31(29-5-2,30-6-3)16-15-23(26)19-27-18-20-11-12-22-14-13-21-9-7-8-10-24(21)25(22)17-20/h7-14,17,23,26H,4-6,15-16,18-19H2,1-3H3. The van der Waals surface area contributed by atoms with E-state index < -0.39 is 14.9 Å². The van der Waals surface area contributed by atoms with E-state index in [0.717, 1.165) is 5.56 Å². The molecule has 0 aromatic heterocycles. The fourth-order valence-corrected chi connectivity index (χ4v) is 6.57. The molecule has 3 aromatic carbocycles.